The molecule has 23 heavy (non-hydrogen) atoms. The fourth-order valence-electron chi connectivity index (χ4n) is 3.12. The average molecular weight is 343 g/mol. The van der Waals surface area contributed by atoms with Gasteiger partial charge in [0, 0.05) is 32.7 Å². The van der Waals surface area contributed by atoms with Gasteiger partial charge >= 0.3 is 12.1 Å². The van der Waals surface area contributed by atoms with E-state index in [4.69, 9.17) is 22.1 Å². The van der Waals surface area contributed by atoms with Gasteiger partial charge in [-0.3, -0.25) is 4.79 Å². The largest absolute Gasteiger partial charge is 0.466 e. The zero-order valence-corrected chi connectivity index (χ0v) is 14.8. The maximum atomic E-state index is 12.1. The molecule has 0 radical (unpaired) electrons. The lowest BCUT2D eigenvalue weighted by Crippen LogP contribution is -2.63. The lowest BCUT2D eigenvalue weighted by molar-refractivity contribution is -0.154. The molecule has 2 aliphatic heterocycles. The van der Waals surface area contributed by atoms with Crippen molar-refractivity contribution in [1.82, 2.24) is 14.7 Å². The van der Waals surface area contributed by atoms with Crippen molar-refractivity contribution in [3.8, 4) is 0 Å². The van der Waals surface area contributed by atoms with Crippen molar-refractivity contribution in [2.24, 2.45) is 5.41 Å². The van der Waals surface area contributed by atoms with E-state index in [0.717, 1.165) is 13.0 Å². The van der Waals surface area contributed by atoms with Crippen LogP contribution in [-0.4, -0.2) is 82.4 Å². The molecule has 0 aromatic carbocycles. The molecule has 7 nitrogen and oxygen atoms in total. The quantitative estimate of drug-likeness (QED) is 0.608. The number of fused-ring (bicyclic) bond motifs is 1. The van der Waals surface area contributed by atoms with Gasteiger partial charge in [-0.15, -0.1) is 0 Å². The second-order valence-electron chi connectivity index (χ2n) is 6.67. The van der Waals surface area contributed by atoms with Crippen LogP contribution in [0, 0.1) is 5.41 Å². The van der Waals surface area contributed by atoms with Crippen LogP contribution in [0.15, 0.2) is 0 Å². The summed E-state index contributed by atoms with van der Waals surface area (Å²) in [5.74, 6) is -0.222. The third kappa shape index (κ3) is 3.85. The summed E-state index contributed by atoms with van der Waals surface area (Å²) in [6.45, 7) is 8.69. The molecule has 0 aromatic rings. The van der Waals surface area contributed by atoms with Crippen LogP contribution < -0.4 is 0 Å². The predicted molar refractivity (Wildman–Crippen MR) is 89.3 cm³/mol. The molecule has 2 fully saturated rings. The summed E-state index contributed by atoms with van der Waals surface area (Å²) in [4.78, 5) is 28.8. The van der Waals surface area contributed by atoms with Crippen LogP contribution in [0.2, 0.25) is 0 Å². The zero-order chi connectivity index (χ0) is 17.2. The second kappa shape index (κ2) is 6.90. The van der Waals surface area contributed by atoms with Crippen LogP contribution >= 0.6 is 12.2 Å². The lowest BCUT2D eigenvalue weighted by atomic mass is 9.92. The van der Waals surface area contributed by atoms with Gasteiger partial charge in [-0.05, 0) is 39.4 Å². The Hall–Kier alpha value is -1.57. The molecule has 1 unspecified atom stereocenters. The summed E-state index contributed by atoms with van der Waals surface area (Å²) < 4.78 is 5.14. The van der Waals surface area contributed by atoms with E-state index in [9.17, 15) is 9.59 Å². The Bertz CT molecular complexity index is 497. The molecule has 0 saturated carbocycles. The number of rotatable bonds is 4. The minimum atomic E-state index is -0.874. The minimum absolute atomic E-state index is 0.134. The van der Waals surface area contributed by atoms with Crippen LogP contribution in [0.5, 0.6) is 0 Å². The number of carbonyl (C=O) groups excluding carboxylic acids is 1. The van der Waals surface area contributed by atoms with Gasteiger partial charge in [-0.2, -0.15) is 0 Å². The predicted octanol–water partition coefficient (Wildman–Crippen LogP) is 1.23. The minimum Gasteiger partial charge on any atom is -0.466 e. The summed E-state index contributed by atoms with van der Waals surface area (Å²) in [6, 6.07) is 0.134. The van der Waals surface area contributed by atoms with Gasteiger partial charge in [-0.25, -0.2) is 4.79 Å². The maximum Gasteiger partial charge on any atom is 0.407 e. The number of hydrogen-bond acceptors (Lipinski definition) is 4. The smallest absolute Gasteiger partial charge is 0.407 e. The standard InChI is InChI=1S/C15H25N3O4S/c1-4-22-12(19)15(2,3)10-17-6-5-11-9-16(14(20)21)7-8-18(11)13(17)23/h11H,4-10H2,1-3H3,(H,20,21). The SMILES string of the molecule is CCOC(=O)C(C)(C)CN1CCC2CN(C(=O)O)CCN2C1=S. The Kier molecular flexibility index (Phi) is 5.33. The van der Waals surface area contributed by atoms with Crippen molar-refractivity contribution >= 4 is 29.4 Å². The van der Waals surface area contributed by atoms with Crippen molar-refractivity contribution in [1.29, 1.82) is 0 Å². The molecule has 0 aliphatic carbocycles. The van der Waals surface area contributed by atoms with E-state index in [1.54, 1.807) is 6.92 Å². The first-order valence-electron chi connectivity index (χ1n) is 7.97. The van der Waals surface area contributed by atoms with Crippen LogP contribution in [0.25, 0.3) is 0 Å². The molecular formula is C15H25N3O4S. The van der Waals surface area contributed by atoms with Gasteiger partial charge in [-0.1, -0.05) is 0 Å². The molecule has 0 bridgehead atoms. The molecule has 130 valence electrons. The molecule has 2 rings (SSSR count). The summed E-state index contributed by atoms with van der Waals surface area (Å²) in [5.41, 5.74) is -0.629. The van der Waals surface area contributed by atoms with Crippen LogP contribution in [0.4, 0.5) is 4.79 Å². The number of carbonyl (C=O) groups is 2. The van der Waals surface area contributed by atoms with Gasteiger partial charge in [0.25, 0.3) is 0 Å². The summed E-state index contributed by atoms with van der Waals surface area (Å²) >= 11 is 5.58. The van der Waals surface area contributed by atoms with E-state index >= 15 is 0 Å². The number of hydrogen-bond donors (Lipinski definition) is 1. The molecule has 0 spiro atoms. The zero-order valence-electron chi connectivity index (χ0n) is 13.9. The highest BCUT2D eigenvalue weighted by atomic mass is 32.1. The van der Waals surface area contributed by atoms with E-state index in [1.165, 1.54) is 4.90 Å². The molecule has 1 amide bonds. The molecule has 2 saturated heterocycles. The highest BCUT2D eigenvalue weighted by molar-refractivity contribution is 7.80. The Balaban J connectivity index is 1.99. The van der Waals surface area contributed by atoms with E-state index in [0.29, 0.717) is 37.9 Å². The molecule has 0 aromatic heterocycles. The molecule has 2 aliphatic rings. The Morgan fingerprint density at radius 3 is 2.65 bits per heavy atom. The van der Waals surface area contributed by atoms with Crippen LogP contribution in [0.1, 0.15) is 27.2 Å². The number of thiocarbonyl (C=S) groups is 1. The monoisotopic (exact) mass is 343 g/mol. The molecular weight excluding hydrogens is 318 g/mol. The van der Waals surface area contributed by atoms with E-state index in [2.05, 4.69) is 4.90 Å². The Morgan fingerprint density at radius 1 is 1.35 bits per heavy atom. The highest BCUT2D eigenvalue weighted by Crippen LogP contribution is 2.26. The number of nitrogens with zero attached hydrogens (tertiary/aromatic N) is 3. The summed E-state index contributed by atoms with van der Waals surface area (Å²) in [7, 11) is 0. The van der Waals surface area contributed by atoms with E-state index < -0.39 is 11.5 Å². The fourth-order valence-corrected chi connectivity index (χ4v) is 3.52. The number of esters is 1. The third-order valence-electron chi connectivity index (χ3n) is 4.42. The van der Waals surface area contributed by atoms with E-state index in [-0.39, 0.29) is 12.0 Å². The second-order valence-corrected chi connectivity index (χ2v) is 7.04. The molecule has 8 heteroatoms. The van der Waals surface area contributed by atoms with Crippen molar-refractivity contribution in [3.05, 3.63) is 0 Å². The van der Waals surface area contributed by atoms with Crippen molar-refractivity contribution in [3.63, 3.8) is 0 Å². The van der Waals surface area contributed by atoms with Crippen molar-refractivity contribution in [2.75, 3.05) is 39.3 Å². The molecule has 1 atom stereocenters. The first-order chi connectivity index (χ1) is 10.8. The van der Waals surface area contributed by atoms with Crippen LogP contribution in [-0.2, 0) is 9.53 Å². The van der Waals surface area contributed by atoms with Gasteiger partial charge in [0.05, 0.1) is 18.1 Å². The molecule has 2 heterocycles. The number of amides is 1. The first-order valence-corrected chi connectivity index (χ1v) is 8.37. The van der Waals surface area contributed by atoms with Gasteiger partial charge in [0.1, 0.15) is 0 Å². The summed E-state index contributed by atoms with van der Waals surface area (Å²) in [6.07, 6.45) is -0.0375. The number of piperazine rings is 1. The summed E-state index contributed by atoms with van der Waals surface area (Å²) in [5, 5.41) is 9.84. The van der Waals surface area contributed by atoms with Gasteiger partial charge < -0.3 is 24.5 Å². The number of carboxylic acid groups (broad SMARTS) is 1. The maximum absolute atomic E-state index is 12.1. The molecule has 1 N–H and O–H groups in total. The van der Waals surface area contributed by atoms with Crippen molar-refractivity contribution in [2.45, 2.75) is 33.2 Å². The number of ether oxygens (including phenoxy) is 1. The van der Waals surface area contributed by atoms with Crippen molar-refractivity contribution < 1.29 is 19.4 Å². The van der Waals surface area contributed by atoms with Gasteiger partial charge in [0.2, 0.25) is 0 Å². The highest BCUT2D eigenvalue weighted by Gasteiger charge is 2.39. The fraction of sp³-hybridized carbons (Fsp3) is 0.800. The normalized spacial score (nSPS) is 22.0. The van der Waals surface area contributed by atoms with E-state index in [1.807, 2.05) is 18.7 Å². The topological polar surface area (TPSA) is 73.3 Å². The average Bonchev–Trinajstić information content (AvgIpc) is 2.50. The lowest BCUT2D eigenvalue weighted by Gasteiger charge is -2.49. The van der Waals surface area contributed by atoms with Crippen LogP contribution in [0.3, 0.4) is 0 Å². The van der Waals surface area contributed by atoms with Gasteiger partial charge in [0.15, 0.2) is 5.11 Å². The first kappa shape index (κ1) is 17.8. The Morgan fingerprint density at radius 2 is 2.04 bits per heavy atom. The Labute approximate surface area is 142 Å². The third-order valence-corrected chi connectivity index (χ3v) is 4.91.